The van der Waals surface area contributed by atoms with Crippen LogP contribution >= 0.6 is 0 Å². The molecule has 124 valence electrons. The highest BCUT2D eigenvalue weighted by Crippen LogP contribution is 2.29. The van der Waals surface area contributed by atoms with Crippen LogP contribution in [-0.4, -0.2) is 25.3 Å². The fourth-order valence-corrected chi connectivity index (χ4v) is 2.18. The molecule has 0 aliphatic rings. The molecule has 2 heterocycles. The van der Waals surface area contributed by atoms with Crippen molar-refractivity contribution in [2.24, 2.45) is 0 Å². The van der Waals surface area contributed by atoms with E-state index in [4.69, 9.17) is 23.2 Å². The van der Waals surface area contributed by atoms with Crippen LogP contribution < -0.4 is 9.47 Å². The van der Waals surface area contributed by atoms with Gasteiger partial charge in [-0.05, 0) is 24.3 Å². The number of hydrogen-bond acceptors (Lipinski definition) is 7. The molecular formula is C17H15NO6. The molecule has 0 spiro atoms. The third-order valence-corrected chi connectivity index (χ3v) is 3.31. The van der Waals surface area contributed by atoms with Crippen molar-refractivity contribution in [1.82, 2.24) is 5.16 Å². The summed E-state index contributed by atoms with van der Waals surface area (Å²) < 4.78 is 26.0. The van der Waals surface area contributed by atoms with Crippen molar-refractivity contribution >= 4 is 5.97 Å². The Bertz CT molecular complexity index is 799. The monoisotopic (exact) mass is 329 g/mol. The Kier molecular flexibility index (Phi) is 4.51. The van der Waals surface area contributed by atoms with E-state index in [2.05, 4.69) is 5.16 Å². The van der Waals surface area contributed by atoms with Gasteiger partial charge in [-0.1, -0.05) is 11.2 Å². The SMILES string of the molecule is COc1cccc(OC)c1C(=O)OCc1cc(-c2ccco2)on1. The minimum atomic E-state index is -0.577. The van der Waals surface area contributed by atoms with Crippen LogP contribution in [-0.2, 0) is 11.3 Å². The molecule has 0 aliphatic heterocycles. The summed E-state index contributed by atoms with van der Waals surface area (Å²) >= 11 is 0. The van der Waals surface area contributed by atoms with Crippen molar-refractivity contribution in [3.05, 3.63) is 53.9 Å². The largest absolute Gasteiger partial charge is 0.496 e. The van der Waals surface area contributed by atoms with Crippen molar-refractivity contribution in [1.29, 1.82) is 0 Å². The van der Waals surface area contributed by atoms with Gasteiger partial charge in [-0.25, -0.2) is 4.79 Å². The van der Waals surface area contributed by atoms with Gasteiger partial charge in [0.05, 0.1) is 20.5 Å². The van der Waals surface area contributed by atoms with Crippen molar-refractivity contribution in [2.45, 2.75) is 6.61 Å². The first kappa shape index (κ1) is 15.7. The van der Waals surface area contributed by atoms with Crippen LogP contribution in [0, 0.1) is 0 Å². The first-order valence-corrected chi connectivity index (χ1v) is 7.10. The number of nitrogens with zero attached hydrogens (tertiary/aromatic N) is 1. The Balaban J connectivity index is 1.72. The lowest BCUT2D eigenvalue weighted by molar-refractivity contribution is 0.0457. The smallest absolute Gasteiger partial charge is 0.346 e. The van der Waals surface area contributed by atoms with E-state index in [0.29, 0.717) is 28.7 Å². The van der Waals surface area contributed by atoms with E-state index in [0.717, 1.165) is 0 Å². The minimum absolute atomic E-state index is 0.0513. The van der Waals surface area contributed by atoms with E-state index in [9.17, 15) is 4.79 Å². The summed E-state index contributed by atoms with van der Waals surface area (Å²) in [5.74, 6) is 1.17. The van der Waals surface area contributed by atoms with Gasteiger partial charge in [0, 0.05) is 6.07 Å². The molecule has 24 heavy (non-hydrogen) atoms. The summed E-state index contributed by atoms with van der Waals surface area (Å²) in [6, 6.07) is 10.2. The van der Waals surface area contributed by atoms with Crippen molar-refractivity contribution in [3.8, 4) is 23.0 Å². The Morgan fingerprint density at radius 2 is 1.83 bits per heavy atom. The van der Waals surface area contributed by atoms with Crippen LogP contribution in [0.1, 0.15) is 16.1 Å². The number of esters is 1. The normalized spacial score (nSPS) is 10.4. The van der Waals surface area contributed by atoms with Crippen molar-refractivity contribution in [2.75, 3.05) is 14.2 Å². The van der Waals surface area contributed by atoms with Gasteiger partial charge in [-0.3, -0.25) is 0 Å². The quantitative estimate of drug-likeness (QED) is 0.641. The molecule has 2 aromatic heterocycles. The van der Waals surface area contributed by atoms with Crippen LogP contribution in [0.5, 0.6) is 11.5 Å². The van der Waals surface area contributed by atoms with Crippen molar-refractivity contribution < 1.29 is 27.9 Å². The summed E-state index contributed by atoms with van der Waals surface area (Å²) in [6.07, 6.45) is 1.53. The molecule has 7 nitrogen and oxygen atoms in total. The third kappa shape index (κ3) is 3.10. The lowest BCUT2D eigenvalue weighted by atomic mass is 10.2. The minimum Gasteiger partial charge on any atom is -0.496 e. The summed E-state index contributed by atoms with van der Waals surface area (Å²) in [7, 11) is 2.94. The van der Waals surface area contributed by atoms with E-state index in [1.54, 1.807) is 36.4 Å². The number of carbonyl (C=O) groups is 1. The molecule has 0 atom stereocenters. The topological polar surface area (TPSA) is 83.9 Å². The number of aromatic nitrogens is 1. The second kappa shape index (κ2) is 6.91. The predicted molar refractivity (Wildman–Crippen MR) is 82.9 cm³/mol. The number of hydrogen-bond donors (Lipinski definition) is 0. The average Bonchev–Trinajstić information content (AvgIpc) is 3.29. The molecule has 0 saturated carbocycles. The number of methoxy groups -OCH3 is 2. The Labute approximate surface area is 137 Å². The summed E-state index contributed by atoms with van der Waals surface area (Å²) in [5.41, 5.74) is 0.681. The number of furan rings is 1. The highest BCUT2D eigenvalue weighted by molar-refractivity contribution is 5.95. The summed E-state index contributed by atoms with van der Waals surface area (Å²) in [5, 5.41) is 3.85. The van der Waals surface area contributed by atoms with Gasteiger partial charge in [0.2, 0.25) is 5.76 Å². The van der Waals surface area contributed by atoms with E-state index in [1.807, 2.05) is 0 Å². The van der Waals surface area contributed by atoms with Gasteiger partial charge in [-0.15, -0.1) is 0 Å². The van der Waals surface area contributed by atoms with Crippen molar-refractivity contribution in [3.63, 3.8) is 0 Å². The number of ether oxygens (including phenoxy) is 3. The van der Waals surface area contributed by atoms with E-state index in [-0.39, 0.29) is 12.2 Å². The lowest BCUT2D eigenvalue weighted by Gasteiger charge is -2.11. The molecule has 3 aromatic rings. The van der Waals surface area contributed by atoms with Gasteiger partial charge < -0.3 is 23.2 Å². The fraction of sp³-hybridized carbons (Fsp3) is 0.176. The highest BCUT2D eigenvalue weighted by atomic mass is 16.5. The van der Waals surface area contributed by atoms with Gasteiger partial charge in [-0.2, -0.15) is 0 Å². The first-order chi connectivity index (χ1) is 11.7. The second-order valence-corrected chi connectivity index (χ2v) is 4.77. The maximum absolute atomic E-state index is 12.4. The molecule has 0 aliphatic carbocycles. The third-order valence-electron chi connectivity index (χ3n) is 3.31. The van der Waals surface area contributed by atoms with E-state index < -0.39 is 5.97 Å². The van der Waals surface area contributed by atoms with E-state index >= 15 is 0 Å². The van der Waals surface area contributed by atoms with Crippen LogP contribution in [0.15, 0.2) is 51.6 Å². The zero-order chi connectivity index (χ0) is 16.9. The molecular weight excluding hydrogens is 314 g/mol. The molecule has 0 N–H and O–H groups in total. The summed E-state index contributed by atoms with van der Waals surface area (Å²) in [4.78, 5) is 12.4. The highest BCUT2D eigenvalue weighted by Gasteiger charge is 2.20. The zero-order valence-electron chi connectivity index (χ0n) is 13.1. The molecule has 7 heteroatoms. The molecule has 0 radical (unpaired) electrons. The number of benzene rings is 1. The van der Waals surface area contributed by atoms with Crippen LogP contribution in [0.3, 0.4) is 0 Å². The molecule has 0 fully saturated rings. The Hall–Kier alpha value is -3.22. The maximum atomic E-state index is 12.4. The molecule has 0 saturated heterocycles. The average molecular weight is 329 g/mol. The van der Waals surface area contributed by atoms with Crippen LogP contribution in [0.4, 0.5) is 0 Å². The molecule has 0 amide bonds. The van der Waals surface area contributed by atoms with E-state index in [1.165, 1.54) is 20.5 Å². The standard InChI is InChI=1S/C17H15NO6/c1-20-13-5-3-6-14(21-2)16(13)17(19)23-10-11-9-15(24-18-11)12-7-4-8-22-12/h3-9H,10H2,1-2H3. The van der Waals surface area contributed by atoms with Crippen LogP contribution in [0.2, 0.25) is 0 Å². The second-order valence-electron chi connectivity index (χ2n) is 4.77. The van der Waals surface area contributed by atoms with Gasteiger partial charge in [0.1, 0.15) is 29.4 Å². The Morgan fingerprint density at radius 1 is 1.08 bits per heavy atom. The maximum Gasteiger partial charge on any atom is 0.346 e. The zero-order valence-corrected chi connectivity index (χ0v) is 13.1. The molecule has 3 rings (SSSR count). The number of carbonyl (C=O) groups excluding carboxylic acids is 1. The van der Waals surface area contributed by atoms with Gasteiger partial charge in [0.25, 0.3) is 0 Å². The summed E-state index contributed by atoms with van der Waals surface area (Å²) in [6.45, 7) is -0.0513. The molecule has 1 aromatic carbocycles. The predicted octanol–water partition coefficient (Wildman–Crippen LogP) is 3.31. The van der Waals surface area contributed by atoms with Crippen LogP contribution in [0.25, 0.3) is 11.5 Å². The Morgan fingerprint density at radius 3 is 2.46 bits per heavy atom. The van der Waals surface area contributed by atoms with Gasteiger partial charge in [0.15, 0.2) is 5.76 Å². The fourth-order valence-electron chi connectivity index (χ4n) is 2.18. The number of rotatable bonds is 6. The first-order valence-electron chi connectivity index (χ1n) is 7.10. The molecule has 0 unspecified atom stereocenters. The lowest BCUT2D eigenvalue weighted by Crippen LogP contribution is -2.09. The van der Waals surface area contributed by atoms with Gasteiger partial charge >= 0.3 is 5.97 Å². The molecule has 0 bridgehead atoms.